The Kier molecular flexibility index (Phi) is 2.48. The van der Waals surface area contributed by atoms with Crippen LogP contribution in [0.25, 0.3) is 0 Å². The minimum absolute atomic E-state index is 0.125. The van der Waals surface area contributed by atoms with E-state index in [4.69, 9.17) is 0 Å². The molecular weight excluding hydrogens is 256 g/mol. The van der Waals surface area contributed by atoms with E-state index < -0.39 is 10.8 Å². The molecule has 1 fully saturated rings. The van der Waals surface area contributed by atoms with Gasteiger partial charge < -0.3 is 10.2 Å². The van der Waals surface area contributed by atoms with Gasteiger partial charge in [-0.2, -0.15) is 0 Å². The largest absolute Gasteiger partial charge is 0.322 e. The van der Waals surface area contributed by atoms with E-state index in [0.717, 1.165) is 12.8 Å². The molecule has 2 aliphatic heterocycles. The molecule has 0 saturated carbocycles. The van der Waals surface area contributed by atoms with Gasteiger partial charge in [-0.3, -0.25) is 9.59 Å². The van der Waals surface area contributed by atoms with Crippen LogP contribution >= 0.6 is 0 Å². The second-order valence-corrected chi connectivity index (χ2v) is 6.98. The Morgan fingerprint density at radius 2 is 1.75 bits per heavy atom. The van der Waals surface area contributed by atoms with Gasteiger partial charge in [0.2, 0.25) is 0 Å². The second-order valence-electron chi connectivity index (χ2n) is 6.98. The highest BCUT2D eigenvalue weighted by Gasteiger charge is 2.57. The molecule has 20 heavy (non-hydrogen) atoms. The van der Waals surface area contributed by atoms with Crippen molar-refractivity contribution in [1.82, 2.24) is 10.2 Å². The average molecular weight is 276 g/mol. The van der Waals surface area contributed by atoms with Crippen LogP contribution in [0.2, 0.25) is 0 Å². The van der Waals surface area contributed by atoms with E-state index in [9.17, 15) is 14.4 Å². The lowest BCUT2D eigenvalue weighted by atomic mass is 9.61. The number of rotatable bonds is 0. The maximum Gasteiger partial charge on any atom is 0.322 e. The summed E-state index contributed by atoms with van der Waals surface area (Å²) >= 11 is 0. The normalized spacial score (nSPS) is 31.1. The number of fused-ring (bicyclic) bond motifs is 2. The molecule has 1 atom stereocenters. The van der Waals surface area contributed by atoms with Crippen LogP contribution < -0.4 is 5.32 Å². The van der Waals surface area contributed by atoms with Crippen molar-refractivity contribution < 1.29 is 14.4 Å². The minimum Gasteiger partial charge on any atom is -0.317 e. The molecule has 3 rings (SSSR count). The quantitative estimate of drug-likeness (QED) is 0.684. The zero-order valence-electron chi connectivity index (χ0n) is 12.4. The van der Waals surface area contributed by atoms with Crippen molar-refractivity contribution in [3.63, 3.8) is 0 Å². The van der Waals surface area contributed by atoms with E-state index in [1.807, 2.05) is 0 Å². The third-order valence-corrected chi connectivity index (χ3v) is 4.92. The van der Waals surface area contributed by atoms with Crippen LogP contribution in [-0.2, 0) is 9.59 Å². The maximum atomic E-state index is 12.8. The Bertz CT molecular complexity index is 572. The van der Waals surface area contributed by atoms with E-state index in [1.54, 1.807) is 32.6 Å². The monoisotopic (exact) mass is 276 g/mol. The number of nitrogens with zero attached hydrogens (tertiary/aromatic N) is 1. The highest BCUT2D eigenvalue weighted by Crippen LogP contribution is 2.47. The van der Waals surface area contributed by atoms with Crippen LogP contribution in [0.3, 0.4) is 0 Å². The third-order valence-electron chi connectivity index (χ3n) is 4.92. The molecule has 2 amide bonds. The van der Waals surface area contributed by atoms with Gasteiger partial charge in [0.15, 0.2) is 11.6 Å². The van der Waals surface area contributed by atoms with E-state index in [2.05, 4.69) is 5.32 Å². The molecule has 1 saturated heterocycles. The van der Waals surface area contributed by atoms with Gasteiger partial charge in [0.1, 0.15) is 0 Å². The summed E-state index contributed by atoms with van der Waals surface area (Å²) in [6, 6.07) is -0.336. The van der Waals surface area contributed by atoms with Gasteiger partial charge in [-0.25, -0.2) is 4.79 Å². The number of hydrogen-bond acceptors (Lipinski definition) is 3. The topological polar surface area (TPSA) is 66.5 Å². The molecule has 0 spiro atoms. The van der Waals surface area contributed by atoms with E-state index in [-0.39, 0.29) is 23.6 Å². The molecule has 1 aliphatic carbocycles. The zero-order valence-corrected chi connectivity index (χ0v) is 12.4. The number of ketones is 2. The van der Waals surface area contributed by atoms with Crippen LogP contribution in [0.4, 0.5) is 4.79 Å². The Morgan fingerprint density at radius 1 is 1.10 bits per heavy atom. The average Bonchev–Trinajstić information content (AvgIpc) is 2.85. The molecule has 0 aromatic rings. The molecule has 0 bridgehead atoms. The van der Waals surface area contributed by atoms with Gasteiger partial charge in [-0.05, 0) is 40.5 Å². The number of carbonyl (C=O) groups excluding carboxylic acids is 3. The minimum atomic E-state index is -1.02. The molecule has 0 radical (unpaired) electrons. The lowest BCUT2D eigenvalue weighted by molar-refractivity contribution is -0.143. The van der Waals surface area contributed by atoms with Crippen LogP contribution in [0.5, 0.6) is 0 Å². The number of hydrogen-bond donors (Lipinski definition) is 1. The van der Waals surface area contributed by atoms with Gasteiger partial charge in [0, 0.05) is 17.8 Å². The number of nitrogens with one attached hydrogen (secondary N) is 1. The molecule has 108 valence electrons. The van der Waals surface area contributed by atoms with Crippen molar-refractivity contribution in [3.8, 4) is 0 Å². The third kappa shape index (κ3) is 1.41. The fourth-order valence-corrected chi connectivity index (χ4v) is 3.81. The van der Waals surface area contributed by atoms with Crippen molar-refractivity contribution in [2.24, 2.45) is 10.8 Å². The lowest BCUT2D eigenvalue weighted by Crippen LogP contribution is -2.60. The fraction of sp³-hybridized carbons (Fsp3) is 0.667. The summed E-state index contributed by atoms with van der Waals surface area (Å²) in [6.45, 7) is 7.65. The van der Waals surface area contributed by atoms with Crippen molar-refractivity contribution >= 4 is 17.6 Å². The van der Waals surface area contributed by atoms with Crippen molar-refractivity contribution in [3.05, 3.63) is 11.3 Å². The molecule has 0 aromatic carbocycles. The van der Waals surface area contributed by atoms with Gasteiger partial charge >= 0.3 is 6.03 Å². The highest BCUT2D eigenvalue weighted by molar-refractivity contribution is 6.20. The molecule has 2 heterocycles. The van der Waals surface area contributed by atoms with Crippen LogP contribution in [-0.4, -0.2) is 35.1 Å². The first-order chi connectivity index (χ1) is 9.19. The smallest absolute Gasteiger partial charge is 0.317 e. The fourth-order valence-electron chi connectivity index (χ4n) is 3.81. The van der Waals surface area contributed by atoms with E-state index >= 15 is 0 Å². The summed E-state index contributed by atoms with van der Waals surface area (Å²) < 4.78 is 0. The van der Waals surface area contributed by atoms with E-state index in [0.29, 0.717) is 17.8 Å². The molecule has 0 aromatic heterocycles. The Balaban J connectivity index is 2.24. The Hall–Kier alpha value is -1.65. The van der Waals surface area contributed by atoms with E-state index in [1.165, 1.54) is 0 Å². The Labute approximate surface area is 118 Å². The second kappa shape index (κ2) is 3.71. The highest BCUT2D eigenvalue weighted by atomic mass is 16.2. The van der Waals surface area contributed by atoms with Crippen LogP contribution in [0.1, 0.15) is 40.5 Å². The van der Waals surface area contributed by atoms with Gasteiger partial charge in [0.25, 0.3) is 0 Å². The summed E-state index contributed by atoms with van der Waals surface area (Å²) in [5.74, 6) is -0.255. The molecule has 5 heteroatoms. The summed E-state index contributed by atoms with van der Waals surface area (Å²) in [5, 5.41) is 2.80. The summed E-state index contributed by atoms with van der Waals surface area (Å²) in [5.41, 5.74) is -0.660. The predicted octanol–water partition coefficient (Wildman–Crippen LogP) is 1.63. The number of allylic oxidation sites excluding steroid dienone is 1. The van der Waals surface area contributed by atoms with Crippen molar-refractivity contribution in [2.75, 3.05) is 6.54 Å². The van der Waals surface area contributed by atoms with Gasteiger partial charge in [-0.15, -0.1) is 0 Å². The summed E-state index contributed by atoms with van der Waals surface area (Å²) in [7, 11) is 0. The van der Waals surface area contributed by atoms with Crippen LogP contribution in [0, 0.1) is 10.8 Å². The summed E-state index contributed by atoms with van der Waals surface area (Å²) in [4.78, 5) is 39.3. The number of amides is 2. The molecule has 0 unspecified atom stereocenters. The number of carbonyl (C=O) groups is 3. The maximum absolute atomic E-state index is 12.8. The Morgan fingerprint density at radius 3 is 2.40 bits per heavy atom. The summed E-state index contributed by atoms with van der Waals surface area (Å²) in [6.07, 6.45) is 1.70. The van der Waals surface area contributed by atoms with Crippen molar-refractivity contribution in [1.29, 1.82) is 0 Å². The van der Waals surface area contributed by atoms with Crippen LogP contribution in [0.15, 0.2) is 11.3 Å². The molecule has 5 nitrogen and oxygen atoms in total. The SMILES string of the molecule is CC1(C)C(=O)C2=C(NC(=O)N3CCC[C@H]23)C(C)(C)C1=O. The lowest BCUT2D eigenvalue weighted by Gasteiger charge is -2.46. The molecule has 3 aliphatic rings. The predicted molar refractivity (Wildman–Crippen MR) is 72.9 cm³/mol. The standard InChI is InChI=1S/C15H20N2O3/c1-14(2)10-9(11(18)15(3,4)12(14)19)8-6-5-7-17(8)13(20)16-10/h8H,5-7H2,1-4H3,(H,16,20)/t8-/m1/s1. The zero-order chi connectivity index (χ0) is 14.9. The first-order valence-corrected chi connectivity index (χ1v) is 7.11. The molecular formula is C15H20N2O3. The number of urea groups is 1. The van der Waals surface area contributed by atoms with Gasteiger partial charge in [-0.1, -0.05) is 0 Å². The first-order valence-electron chi connectivity index (χ1n) is 7.11. The molecule has 1 N–H and O–H groups in total. The van der Waals surface area contributed by atoms with Gasteiger partial charge in [0.05, 0.1) is 16.9 Å². The number of Topliss-reactive ketones (excluding diaryl/α,β-unsaturated/α-hetero) is 2. The van der Waals surface area contributed by atoms with Crippen molar-refractivity contribution in [2.45, 2.75) is 46.6 Å². The first kappa shape index (κ1) is 13.3.